The minimum absolute atomic E-state index is 0. The average Bonchev–Trinajstić information content (AvgIpc) is 2.16. The van der Waals surface area contributed by atoms with E-state index in [4.69, 9.17) is 0 Å². The molecule has 6 heteroatoms. The van der Waals surface area contributed by atoms with E-state index in [9.17, 15) is 13.6 Å². The largest absolute Gasteiger partial charge is 0.340 e. The van der Waals surface area contributed by atoms with E-state index in [2.05, 4.69) is 5.32 Å². The lowest BCUT2D eigenvalue weighted by atomic mass is 9.91. The molecule has 1 amide bonds. The number of nitrogens with zero attached hydrogens (tertiary/aromatic N) is 1. The van der Waals surface area contributed by atoms with Crippen molar-refractivity contribution >= 4 is 18.3 Å². The van der Waals surface area contributed by atoms with Crippen molar-refractivity contribution in [3.8, 4) is 0 Å². The molecule has 1 aliphatic heterocycles. The molecular weight excluding hydrogens is 238 g/mol. The monoisotopic (exact) mass is 256 g/mol. The molecule has 16 heavy (non-hydrogen) atoms. The standard InChI is InChI=1S/C10H18F2N2O.ClH/c1-7-8(4-3-5-13-7)10(15)14(2)6-9(11)12;/h7-9,13H,3-6H2,1-2H3;1H/t7-,8-;/m1./s1. The van der Waals surface area contributed by atoms with Crippen molar-refractivity contribution < 1.29 is 13.6 Å². The molecule has 1 heterocycles. The van der Waals surface area contributed by atoms with Crippen LogP contribution in [0.2, 0.25) is 0 Å². The Balaban J connectivity index is 0.00000225. The quantitative estimate of drug-likeness (QED) is 0.831. The van der Waals surface area contributed by atoms with Crippen LogP contribution in [0.4, 0.5) is 8.78 Å². The highest BCUT2D eigenvalue weighted by atomic mass is 35.5. The fraction of sp³-hybridized carbons (Fsp3) is 0.900. The van der Waals surface area contributed by atoms with E-state index in [-0.39, 0.29) is 30.3 Å². The van der Waals surface area contributed by atoms with Crippen LogP contribution in [0, 0.1) is 5.92 Å². The van der Waals surface area contributed by atoms with E-state index in [0.717, 1.165) is 24.3 Å². The van der Waals surface area contributed by atoms with Crippen molar-refractivity contribution in [2.24, 2.45) is 5.92 Å². The van der Waals surface area contributed by atoms with Crippen molar-refractivity contribution in [1.82, 2.24) is 10.2 Å². The molecule has 0 saturated carbocycles. The molecule has 0 bridgehead atoms. The number of carbonyl (C=O) groups is 1. The van der Waals surface area contributed by atoms with Gasteiger partial charge in [0.05, 0.1) is 12.5 Å². The SMILES string of the molecule is C[C@H]1NCCC[C@H]1C(=O)N(C)CC(F)F.Cl. The molecule has 3 nitrogen and oxygen atoms in total. The number of carbonyl (C=O) groups excluding carboxylic acids is 1. The maximum atomic E-state index is 12.1. The molecule has 2 atom stereocenters. The lowest BCUT2D eigenvalue weighted by Crippen LogP contribution is -2.48. The molecule has 0 aromatic carbocycles. The van der Waals surface area contributed by atoms with Gasteiger partial charge in [0.15, 0.2) is 0 Å². The van der Waals surface area contributed by atoms with Gasteiger partial charge < -0.3 is 10.2 Å². The summed E-state index contributed by atoms with van der Waals surface area (Å²) in [5.41, 5.74) is 0. The predicted molar refractivity (Wildman–Crippen MR) is 61.1 cm³/mol. The number of alkyl halides is 2. The Morgan fingerprint density at radius 3 is 2.69 bits per heavy atom. The third-order valence-corrected chi connectivity index (χ3v) is 2.87. The van der Waals surface area contributed by atoms with Gasteiger partial charge in [-0.15, -0.1) is 12.4 Å². The molecule has 0 spiro atoms. The lowest BCUT2D eigenvalue weighted by molar-refractivity contribution is -0.137. The van der Waals surface area contributed by atoms with Crippen LogP contribution in [0.25, 0.3) is 0 Å². The van der Waals surface area contributed by atoms with Gasteiger partial charge in [-0.05, 0) is 26.3 Å². The second kappa shape index (κ2) is 7.01. The van der Waals surface area contributed by atoms with E-state index < -0.39 is 13.0 Å². The van der Waals surface area contributed by atoms with Gasteiger partial charge in [0.25, 0.3) is 6.43 Å². The van der Waals surface area contributed by atoms with Crippen LogP contribution in [0.3, 0.4) is 0 Å². The zero-order valence-electron chi connectivity index (χ0n) is 9.58. The molecule has 0 aromatic rings. The van der Waals surface area contributed by atoms with E-state index in [1.165, 1.54) is 7.05 Å². The number of rotatable bonds is 3. The molecule has 1 N–H and O–H groups in total. The molecule has 96 valence electrons. The molecule has 0 aromatic heterocycles. The van der Waals surface area contributed by atoms with Crippen molar-refractivity contribution in [2.75, 3.05) is 20.1 Å². The highest BCUT2D eigenvalue weighted by Crippen LogP contribution is 2.18. The third kappa shape index (κ3) is 4.22. The maximum Gasteiger partial charge on any atom is 0.255 e. The summed E-state index contributed by atoms with van der Waals surface area (Å²) < 4.78 is 24.2. The lowest BCUT2D eigenvalue weighted by Gasteiger charge is -2.32. The molecule has 0 unspecified atom stereocenters. The van der Waals surface area contributed by atoms with Gasteiger partial charge in [-0.2, -0.15) is 0 Å². The van der Waals surface area contributed by atoms with Gasteiger partial charge in [-0.25, -0.2) is 8.78 Å². The highest BCUT2D eigenvalue weighted by Gasteiger charge is 2.30. The fourth-order valence-corrected chi connectivity index (χ4v) is 1.96. The summed E-state index contributed by atoms with van der Waals surface area (Å²) >= 11 is 0. The van der Waals surface area contributed by atoms with E-state index >= 15 is 0 Å². The number of piperidine rings is 1. The van der Waals surface area contributed by atoms with Crippen LogP contribution < -0.4 is 5.32 Å². The minimum atomic E-state index is -2.45. The Morgan fingerprint density at radius 1 is 1.56 bits per heavy atom. The first kappa shape index (κ1) is 15.6. The summed E-state index contributed by atoms with van der Waals surface area (Å²) in [5, 5.41) is 3.19. The van der Waals surface area contributed by atoms with Crippen LogP contribution in [-0.4, -0.2) is 43.4 Å². The number of amides is 1. The normalized spacial score (nSPS) is 25.1. The topological polar surface area (TPSA) is 32.3 Å². The minimum Gasteiger partial charge on any atom is -0.340 e. The zero-order valence-corrected chi connectivity index (χ0v) is 10.4. The van der Waals surface area contributed by atoms with Crippen LogP contribution in [0.1, 0.15) is 19.8 Å². The van der Waals surface area contributed by atoms with Crippen LogP contribution in [0.15, 0.2) is 0 Å². The third-order valence-electron chi connectivity index (χ3n) is 2.87. The van der Waals surface area contributed by atoms with Gasteiger partial charge in [0.1, 0.15) is 0 Å². The first-order valence-electron chi connectivity index (χ1n) is 5.29. The van der Waals surface area contributed by atoms with Gasteiger partial charge in [-0.1, -0.05) is 0 Å². The Hall–Kier alpha value is -0.420. The summed E-state index contributed by atoms with van der Waals surface area (Å²) in [6.45, 7) is 2.36. The maximum absolute atomic E-state index is 12.1. The van der Waals surface area contributed by atoms with E-state index in [1.54, 1.807) is 0 Å². The number of hydrogen-bond donors (Lipinski definition) is 1. The average molecular weight is 257 g/mol. The molecule has 0 radical (unpaired) electrons. The number of halogens is 3. The molecular formula is C10H19ClF2N2O. The molecule has 1 aliphatic rings. The first-order valence-corrected chi connectivity index (χ1v) is 5.29. The van der Waals surface area contributed by atoms with Crippen molar-refractivity contribution in [3.63, 3.8) is 0 Å². The van der Waals surface area contributed by atoms with Gasteiger partial charge >= 0.3 is 0 Å². The van der Waals surface area contributed by atoms with Crippen LogP contribution in [0.5, 0.6) is 0 Å². The molecule has 1 saturated heterocycles. The second-order valence-electron chi connectivity index (χ2n) is 4.10. The fourth-order valence-electron chi connectivity index (χ4n) is 1.96. The van der Waals surface area contributed by atoms with Crippen LogP contribution in [-0.2, 0) is 4.79 Å². The molecule has 1 fully saturated rings. The number of nitrogens with one attached hydrogen (secondary N) is 1. The Kier molecular flexibility index (Phi) is 6.83. The predicted octanol–water partition coefficient (Wildman–Crippen LogP) is 1.52. The first-order chi connectivity index (χ1) is 7.02. The summed E-state index contributed by atoms with van der Waals surface area (Å²) in [7, 11) is 1.44. The second-order valence-corrected chi connectivity index (χ2v) is 4.10. The summed E-state index contributed by atoms with van der Waals surface area (Å²) in [5.74, 6) is -0.322. The Bertz CT molecular complexity index is 229. The van der Waals surface area contributed by atoms with Crippen LogP contribution >= 0.6 is 12.4 Å². The van der Waals surface area contributed by atoms with Crippen molar-refractivity contribution in [2.45, 2.75) is 32.2 Å². The van der Waals surface area contributed by atoms with E-state index in [0.29, 0.717) is 0 Å². The summed E-state index contributed by atoms with van der Waals surface area (Å²) in [6.07, 6.45) is -0.727. The molecule has 0 aliphatic carbocycles. The van der Waals surface area contributed by atoms with Gasteiger partial charge in [-0.3, -0.25) is 4.79 Å². The smallest absolute Gasteiger partial charge is 0.255 e. The van der Waals surface area contributed by atoms with Crippen molar-refractivity contribution in [1.29, 1.82) is 0 Å². The van der Waals surface area contributed by atoms with Crippen molar-refractivity contribution in [3.05, 3.63) is 0 Å². The molecule has 1 rings (SSSR count). The van der Waals surface area contributed by atoms with E-state index in [1.807, 2.05) is 6.92 Å². The highest BCUT2D eigenvalue weighted by molar-refractivity contribution is 5.85. The summed E-state index contributed by atoms with van der Waals surface area (Å²) in [6, 6.07) is 0.0892. The zero-order chi connectivity index (χ0) is 11.4. The number of hydrogen-bond acceptors (Lipinski definition) is 2. The van der Waals surface area contributed by atoms with Gasteiger partial charge in [0, 0.05) is 13.1 Å². The Labute approximate surface area is 101 Å². The summed E-state index contributed by atoms with van der Waals surface area (Å²) in [4.78, 5) is 12.9. The van der Waals surface area contributed by atoms with Gasteiger partial charge in [0.2, 0.25) is 5.91 Å². The Morgan fingerprint density at radius 2 is 2.19 bits per heavy atom.